The van der Waals surface area contributed by atoms with E-state index in [-0.39, 0.29) is 116 Å². The molecule has 0 unspecified atom stereocenters. The van der Waals surface area contributed by atoms with Crippen molar-refractivity contribution in [2.45, 2.75) is 156 Å². The van der Waals surface area contributed by atoms with Gasteiger partial charge in [0.15, 0.2) is 6.10 Å². The number of aromatic nitrogens is 1. The summed E-state index contributed by atoms with van der Waals surface area (Å²) in [6.45, 7) is 16.2. The molecule has 0 aliphatic carbocycles. The van der Waals surface area contributed by atoms with E-state index in [1.165, 1.54) is 42.6 Å². The van der Waals surface area contributed by atoms with E-state index in [9.17, 15) is 43.2 Å². The molecule has 7 amide bonds. The van der Waals surface area contributed by atoms with Crippen molar-refractivity contribution >= 4 is 76.3 Å². The van der Waals surface area contributed by atoms with Gasteiger partial charge in [0.2, 0.25) is 11.8 Å². The molecule has 2 aromatic rings. The van der Waals surface area contributed by atoms with E-state index in [1.54, 1.807) is 17.5 Å². The number of Topliss-reactive ketones (excluding diaryl/α,β-unsaturated/α-hetero) is 1. The van der Waals surface area contributed by atoms with E-state index in [1.807, 2.05) is 38.8 Å². The molecule has 4 rings (SSSR count). The van der Waals surface area contributed by atoms with Crippen LogP contribution >= 0.6 is 11.3 Å². The molecule has 20 heteroatoms. The number of imide groups is 2. The number of esters is 1. The quantitative estimate of drug-likeness (QED) is 0.0633. The van der Waals surface area contributed by atoms with Crippen LogP contribution in [-0.2, 0) is 65.5 Å². The highest BCUT2D eigenvalue weighted by Gasteiger charge is 2.36. The number of hydrogen-bond donors (Lipinski definition) is 2. The first-order valence-corrected chi connectivity index (χ1v) is 26.6. The minimum Gasteiger partial charge on any atom is -0.455 e. The number of nitrogens with zero attached hydrogens (tertiary/aromatic N) is 5. The number of rotatable bonds is 30. The fourth-order valence-electron chi connectivity index (χ4n) is 8.92. The second-order valence-corrected chi connectivity index (χ2v) is 21.3. The topological polar surface area (TPSA) is 247 Å². The number of carbonyl (C=O) groups excluding carboxylic acids is 11. The molecule has 19 nitrogen and oxygen atoms in total. The lowest BCUT2D eigenvalue weighted by atomic mass is 9.82. The molecule has 1 aromatic carbocycles. The van der Waals surface area contributed by atoms with Crippen LogP contribution in [0.4, 0.5) is 5.69 Å². The standard InChI is InChI=1S/C54H77N7O10S.CO2/c1-12-16-39(29-37-19-20-38(31-40(63)17-14-27-60-47(65)21-22-48(60)66)42(30-37)56-46(64)18-15-28-61-49(67)23-24-50(61)68)55-51(69)43-33-72-52(57-43)45(71-36(6)62)32-44(34(3)4)59(11)53(70)41(35(5)13-2)25-26-54(7,8)58(9)10;2-1-3/h19-24,30,33-35,39,41,44-45H,12-18,25-29,31-32H2,1-11H3,(H,55,69)(H,56,64);/t35-,39+,41-,44+,45+;/m0./s1. The maximum Gasteiger partial charge on any atom is 0.373 e. The predicted molar refractivity (Wildman–Crippen MR) is 281 cm³/mol. The molecule has 1 aromatic heterocycles. The zero-order valence-electron chi connectivity index (χ0n) is 45.5. The van der Waals surface area contributed by atoms with Crippen LogP contribution < -0.4 is 10.6 Å². The number of thiazole rings is 1. The minimum absolute atomic E-state index is 0.00823. The largest absolute Gasteiger partial charge is 0.455 e. The van der Waals surface area contributed by atoms with Crippen LogP contribution in [0.3, 0.4) is 0 Å². The Labute approximate surface area is 445 Å². The van der Waals surface area contributed by atoms with Crippen LogP contribution in [0.1, 0.15) is 152 Å². The van der Waals surface area contributed by atoms with Gasteiger partial charge in [-0.2, -0.15) is 9.59 Å². The molecule has 410 valence electrons. The van der Waals surface area contributed by atoms with Gasteiger partial charge in [-0.15, -0.1) is 11.3 Å². The van der Waals surface area contributed by atoms with Crippen LogP contribution in [0.15, 0.2) is 47.9 Å². The summed E-state index contributed by atoms with van der Waals surface area (Å²) < 4.78 is 5.88. The van der Waals surface area contributed by atoms with Crippen molar-refractivity contribution < 1.29 is 57.5 Å². The van der Waals surface area contributed by atoms with Gasteiger partial charge in [-0.25, -0.2) is 4.98 Å². The average molecular weight is 1060 g/mol. The van der Waals surface area contributed by atoms with Crippen molar-refractivity contribution in [3.8, 4) is 0 Å². The molecular weight excluding hydrogens is 983 g/mol. The lowest BCUT2D eigenvalue weighted by Crippen LogP contribution is -2.46. The lowest BCUT2D eigenvalue weighted by Gasteiger charge is -2.38. The molecule has 0 saturated carbocycles. The third kappa shape index (κ3) is 19.3. The van der Waals surface area contributed by atoms with Crippen LogP contribution in [0, 0.1) is 17.8 Å². The Morgan fingerprint density at radius 2 is 1.43 bits per heavy atom. The Bertz CT molecular complexity index is 2420. The monoisotopic (exact) mass is 1060 g/mol. The molecule has 2 N–H and O–H groups in total. The summed E-state index contributed by atoms with van der Waals surface area (Å²) in [5.41, 5.74) is 1.78. The Balaban J connectivity index is 0.00000482. The highest BCUT2D eigenvalue weighted by Crippen LogP contribution is 2.34. The van der Waals surface area contributed by atoms with Crippen LogP contribution in [0.25, 0.3) is 0 Å². The lowest BCUT2D eigenvalue weighted by molar-refractivity contribution is -0.192. The number of benzene rings is 1. The van der Waals surface area contributed by atoms with Crippen LogP contribution in [0.2, 0.25) is 0 Å². The second kappa shape index (κ2) is 30.2. The van der Waals surface area contributed by atoms with Crippen molar-refractivity contribution in [2.75, 3.05) is 39.5 Å². The van der Waals surface area contributed by atoms with E-state index in [0.29, 0.717) is 29.1 Å². The van der Waals surface area contributed by atoms with E-state index < -0.39 is 41.6 Å². The fourth-order valence-corrected chi connectivity index (χ4v) is 9.76. The first-order valence-electron chi connectivity index (χ1n) is 25.7. The molecule has 2 aliphatic rings. The smallest absolute Gasteiger partial charge is 0.373 e. The minimum atomic E-state index is -0.810. The van der Waals surface area contributed by atoms with Crippen molar-refractivity contribution in [3.63, 3.8) is 0 Å². The third-order valence-electron chi connectivity index (χ3n) is 14.0. The van der Waals surface area contributed by atoms with Crippen molar-refractivity contribution in [2.24, 2.45) is 17.8 Å². The SMILES string of the molecule is CCC[C@H](Cc1ccc(CC(=O)CCCN2C(=O)C=CC2=O)c(NC(=O)CCCN2C(=O)C=CC2=O)c1)NC(=O)c1csc([C@@H](C[C@H](C(C)C)N(C)C(=O)[C@@H](CCC(C)(C)N(C)C)[C@@H](C)CC)OC(C)=O)n1.O=C=O. The first kappa shape index (κ1) is 62.8. The van der Waals surface area contributed by atoms with E-state index in [2.05, 4.69) is 57.3 Å². The van der Waals surface area contributed by atoms with Gasteiger partial charge in [0, 0.05) is 112 Å². The molecule has 5 atom stereocenters. The van der Waals surface area contributed by atoms with Gasteiger partial charge in [0.25, 0.3) is 29.5 Å². The number of anilines is 1. The van der Waals surface area contributed by atoms with E-state index >= 15 is 0 Å². The summed E-state index contributed by atoms with van der Waals surface area (Å²) >= 11 is 1.21. The molecule has 3 heterocycles. The Morgan fingerprint density at radius 3 is 1.95 bits per heavy atom. The molecule has 0 saturated heterocycles. The number of hydrogen-bond acceptors (Lipinski definition) is 15. The molecule has 0 spiro atoms. The number of ether oxygens (including phenoxy) is 1. The number of carbonyl (C=O) groups is 9. The van der Waals surface area contributed by atoms with Gasteiger partial charge < -0.3 is 25.2 Å². The van der Waals surface area contributed by atoms with Gasteiger partial charge in [-0.1, -0.05) is 59.6 Å². The Hall–Kier alpha value is -6.50. The average Bonchev–Trinajstić information content (AvgIpc) is 4.06. The fraction of sp³-hybridized carbons (Fsp3) is 0.582. The molecule has 2 aliphatic heterocycles. The summed E-state index contributed by atoms with van der Waals surface area (Å²) in [4.78, 5) is 143. The summed E-state index contributed by atoms with van der Waals surface area (Å²) in [5.74, 6) is -3.15. The van der Waals surface area contributed by atoms with Crippen molar-refractivity contribution in [1.82, 2.24) is 29.9 Å². The number of ketones is 1. The zero-order chi connectivity index (χ0) is 56.2. The summed E-state index contributed by atoms with van der Waals surface area (Å²) in [7, 11) is 5.93. The number of nitrogens with one attached hydrogen (secondary N) is 2. The third-order valence-corrected chi connectivity index (χ3v) is 15.0. The van der Waals surface area contributed by atoms with Gasteiger partial charge in [0.05, 0.1) is 0 Å². The van der Waals surface area contributed by atoms with E-state index in [4.69, 9.17) is 19.3 Å². The summed E-state index contributed by atoms with van der Waals surface area (Å²) in [6.07, 6.45) is 9.16. The first-order chi connectivity index (χ1) is 35.4. The Morgan fingerprint density at radius 1 is 0.853 bits per heavy atom. The van der Waals surface area contributed by atoms with Crippen molar-refractivity contribution in [3.05, 3.63) is 69.7 Å². The second-order valence-electron chi connectivity index (χ2n) is 20.4. The Kier molecular flexibility index (Phi) is 25.2. The summed E-state index contributed by atoms with van der Waals surface area (Å²) in [6, 6.07) is 4.70. The molecule has 0 bridgehead atoms. The van der Waals surface area contributed by atoms with Crippen LogP contribution in [-0.4, -0.2) is 136 Å². The maximum absolute atomic E-state index is 14.4. The van der Waals surface area contributed by atoms with Gasteiger partial charge in [0.1, 0.15) is 16.5 Å². The van der Waals surface area contributed by atoms with Crippen molar-refractivity contribution in [1.29, 1.82) is 0 Å². The highest BCUT2D eigenvalue weighted by molar-refractivity contribution is 7.09. The zero-order valence-corrected chi connectivity index (χ0v) is 46.3. The molecule has 75 heavy (non-hydrogen) atoms. The van der Waals surface area contributed by atoms with Gasteiger partial charge >= 0.3 is 12.1 Å². The predicted octanol–water partition coefficient (Wildman–Crippen LogP) is 6.42. The molecule has 0 radical (unpaired) electrons. The molecule has 0 fully saturated rings. The molecular formula is C55H77N7O12S. The number of amides is 7. The normalized spacial score (nSPS) is 15.3. The van der Waals surface area contributed by atoms with E-state index in [0.717, 1.165) is 41.0 Å². The summed E-state index contributed by atoms with van der Waals surface area (Å²) in [5, 5.41) is 8.12. The maximum atomic E-state index is 14.4. The van der Waals surface area contributed by atoms with Gasteiger partial charge in [-0.3, -0.25) is 53.0 Å². The van der Waals surface area contributed by atoms with Gasteiger partial charge in [-0.05, 0) is 95.5 Å². The van der Waals surface area contributed by atoms with Crippen LogP contribution in [0.5, 0.6) is 0 Å². The highest BCUT2D eigenvalue weighted by atomic mass is 32.1.